The molecule has 4 rings (SSSR count). The quantitative estimate of drug-likeness (QED) is 0.243. The standard InChI is InChI=1S/C33H42N2O3/c1-25(29-18-12-16-26-15-10-11-17-30(26)29)34-23-28-21-22-35(24-31(28)27-13-6-5-7-14-27)32(36)19-8-3-2-4-9-20-33(37)38/h5-7,10-18,25,28,31,34H,2-4,8-9,19-24H2,1H3,(H,37,38)/t25-,28?,31?/m1/s1. The van der Waals surface area contributed by atoms with Gasteiger partial charge >= 0.3 is 5.97 Å². The molecule has 0 saturated carbocycles. The molecule has 0 aromatic heterocycles. The van der Waals surface area contributed by atoms with Crippen molar-refractivity contribution in [3.8, 4) is 0 Å². The summed E-state index contributed by atoms with van der Waals surface area (Å²) in [5, 5.41) is 15.2. The Morgan fingerprint density at radius 1 is 0.895 bits per heavy atom. The summed E-state index contributed by atoms with van der Waals surface area (Å²) in [7, 11) is 0. The van der Waals surface area contributed by atoms with Gasteiger partial charge in [-0.1, -0.05) is 92.1 Å². The van der Waals surface area contributed by atoms with Crippen LogP contribution < -0.4 is 5.32 Å². The van der Waals surface area contributed by atoms with E-state index in [1.807, 2.05) is 0 Å². The summed E-state index contributed by atoms with van der Waals surface area (Å²) >= 11 is 0. The number of piperidine rings is 1. The van der Waals surface area contributed by atoms with Gasteiger partial charge in [0.1, 0.15) is 0 Å². The highest BCUT2D eigenvalue weighted by molar-refractivity contribution is 5.86. The molecule has 1 fully saturated rings. The van der Waals surface area contributed by atoms with Crippen molar-refractivity contribution in [1.29, 1.82) is 0 Å². The fourth-order valence-electron chi connectivity index (χ4n) is 5.86. The van der Waals surface area contributed by atoms with E-state index in [2.05, 4.69) is 89.9 Å². The molecule has 3 aromatic carbocycles. The van der Waals surface area contributed by atoms with Crippen molar-refractivity contribution in [3.63, 3.8) is 0 Å². The lowest BCUT2D eigenvalue weighted by Crippen LogP contribution is -2.45. The molecule has 0 spiro atoms. The number of carboxylic acids is 1. The lowest BCUT2D eigenvalue weighted by Gasteiger charge is -2.39. The highest BCUT2D eigenvalue weighted by Gasteiger charge is 2.32. The van der Waals surface area contributed by atoms with E-state index in [1.54, 1.807) is 0 Å². The first kappa shape index (κ1) is 27.8. The van der Waals surface area contributed by atoms with Crippen molar-refractivity contribution in [3.05, 3.63) is 83.9 Å². The number of fused-ring (bicyclic) bond motifs is 1. The molecule has 3 aromatic rings. The molecule has 0 aliphatic carbocycles. The number of rotatable bonds is 13. The number of carbonyl (C=O) groups excluding carboxylic acids is 1. The number of hydrogen-bond acceptors (Lipinski definition) is 3. The van der Waals surface area contributed by atoms with Gasteiger partial charge in [0.2, 0.25) is 5.91 Å². The Bertz CT molecular complexity index is 1170. The van der Waals surface area contributed by atoms with Crippen molar-refractivity contribution in [2.75, 3.05) is 19.6 Å². The monoisotopic (exact) mass is 514 g/mol. The molecule has 5 heteroatoms. The van der Waals surface area contributed by atoms with Crippen LogP contribution in [0.1, 0.15) is 81.4 Å². The van der Waals surface area contributed by atoms with Crippen molar-refractivity contribution < 1.29 is 14.7 Å². The number of unbranched alkanes of at least 4 members (excludes halogenated alkanes) is 4. The topological polar surface area (TPSA) is 69.6 Å². The highest BCUT2D eigenvalue weighted by atomic mass is 16.4. The van der Waals surface area contributed by atoms with E-state index in [0.29, 0.717) is 18.3 Å². The zero-order valence-corrected chi connectivity index (χ0v) is 22.6. The maximum atomic E-state index is 13.1. The van der Waals surface area contributed by atoms with Gasteiger partial charge < -0.3 is 15.3 Å². The predicted molar refractivity (Wildman–Crippen MR) is 154 cm³/mol. The number of amides is 1. The van der Waals surface area contributed by atoms with Gasteiger partial charge in [-0.25, -0.2) is 0 Å². The summed E-state index contributed by atoms with van der Waals surface area (Å²) in [5.41, 5.74) is 2.64. The molecule has 1 amide bonds. The first-order chi connectivity index (χ1) is 18.5. The van der Waals surface area contributed by atoms with Gasteiger partial charge in [0, 0.05) is 37.9 Å². The highest BCUT2D eigenvalue weighted by Crippen LogP contribution is 2.33. The Labute approximate surface area is 227 Å². The van der Waals surface area contributed by atoms with E-state index in [0.717, 1.165) is 58.2 Å². The lowest BCUT2D eigenvalue weighted by atomic mass is 9.80. The van der Waals surface area contributed by atoms with E-state index in [4.69, 9.17) is 5.11 Å². The van der Waals surface area contributed by atoms with Crippen molar-refractivity contribution in [2.24, 2.45) is 5.92 Å². The minimum absolute atomic E-state index is 0.240. The second-order valence-corrected chi connectivity index (χ2v) is 10.8. The first-order valence-corrected chi connectivity index (χ1v) is 14.3. The second-order valence-electron chi connectivity index (χ2n) is 10.8. The molecule has 2 N–H and O–H groups in total. The molecule has 3 atom stereocenters. The Balaban J connectivity index is 1.32. The molecule has 1 heterocycles. The van der Waals surface area contributed by atoms with E-state index in [9.17, 15) is 9.59 Å². The number of likely N-dealkylation sites (tertiary alicyclic amines) is 1. The summed E-state index contributed by atoms with van der Waals surface area (Å²) in [6, 6.07) is 26.0. The molecule has 0 radical (unpaired) electrons. The van der Waals surface area contributed by atoms with E-state index >= 15 is 0 Å². The zero-order chi connectivity index (χ0) is 26.7. The molecule has 1 aliphatic rings. The average Bonchev–Trinajstić information content (AvgIpc) is 2.95. The van der Waals surface area contributed by atoms with E-state index in [-0.39, 0.29) is 18.4 Å². The van der Waals surface area contributed by atoms with Crippen molar-refractivity contribution in [1.82, 2.24) is 10.2 Å². The van der Waals surface area contributed by atoms with Crippen LogP contribution in [0.25, 0.3) is 10.8 Å². The summed E-state index contributed by atoms with van der Waals surface area (Å²) in [6.45, 7) is 4.76. The average molecular weight is 515 g/mol. The zero-order valence-electron chi connectivity index (χ0n) is 22.6. The number of carboxylic acid groups (broad SMARTS) is 1. The molecule has 5 nitrogen and oxygen atoms in total. The van der Waals surface area contributed by atoms with Crippen LogP contribution in [0, 0.1) is 5.92 Å². The Morgan fingerprint density at radius 3 is 2.37 bits per heavy atom. The molecule has 1 aliphatic heterocycles. The number of benzene rings is 3. The summed E-state index contributed by atoms with van der Waals surface area (Å²) < 4.78 is 0. The number of carbonyl (C=O) groups is 2. The van der Waals surface area contributed by atoms with Gasteiger partial charge in [0.15, 0.2) is 0 Å². The molecular weight excluding hydrogens is 472 g/mol. The largest absolute Gasteiger partial charge is 0.481 e. The van der Waals surface area contributed by atoms with Gasteiger partial charge in [0.05, 0.1) is 0 Å². The lowest BCUT2D eigenvalue weighted by molar-refractivity contribution is -0.137. The third-order valence-electron chi connectivity index (χ3n) is 8.09. The molecule has 0 bridgehead atoms. The van der Waals surface area contributed by atoms with Crippen LogP contribution in [0.15, 0.2) is 72.8 Å². The summed E-state index contributed by atoms with van der Waals surface area (Å²) in [4.78, 5) is 25.8. The summed E-state index contributed by atoms with van der Waals surface area (Å²) in [6.07, 6.45) is 6.33. The molecule has 202 valence electrons. The molecule has 38 heavy (non-hydrogen) atoms. The van der Waals surface area contributed by atoms with Gasteiger partial charge in [-0.2, -0.15) is 0 Å². The Hall–Kier alpha value is -3.18. The Kier molecular flexibility index (Phi) is 10.3. The third kappa shape index (κ3) is 7.67. The van der Waals surface area contributed by atoms with Crippen molar-refractivity contribution >= 4 is 22.6 Å². The maximum absolute atomic E-state index is 13.1. The van der Waals surface area contributed by atoms with Gasteiger partial charge in [-0.05, 0) is 60.5 Å². The summed E-state index contributed by atoms with van der Waals surface area (Å²) in [5.74, 6) is 0.312. The van der Waals surface area contributed by atoms with Crippen LogP contribution in [0.2, 0.25) is 0 Å². The smallest absolute Gasteiger partial charge is 0.303 e. The van der Waals surface area contributed by atoms with Crippen LogP contribution in [0.4, 0.5) is 0 Å². The van der Waals surface area contributed by atoms with E-state index in [1.165, 1.54) is 21.9 Å². The molecular formula is C33H42N2O3. The predicted octanol–water partition coefficient (Wildman–Crippen LogP) is 6.94. The number of nitrogens with zero attached hydrogens (tertiary/aromatic N) is 1. The first-order valence-electron chi connectivity index (χ1n) is 14.3. The minimum Gasteiger partial charge on any atom is -0.481 e. The molecule has 1 saturated heterocycles. The number of hydrogen-bond donors (Lipinski definition) is 2. The second kappa shape index (κ2) is 14.1. The third-order valence-corrected chi connectivity index (χ3v) is 8.09. The van der Waals surface area contributed by atoms with Crippen LogP contribution in [0.3, 0.4) is 0 Å². The fourth-order valence-corrected chi connectivity index (χ4v) is 5.86. The van der Waals surface area contributed by atoms with Gasteiger partial charge in [0.25, 0.3) is 0 Å². The van der Waals surface area contributed by atoms with Crippen molar-refractivity contribution in [2.45, 2.75) is 70.3 Å². The number of aliphatic carboxylic acids is 1. The Morgan fingerprint density at radius 2 is 1.58 bits per heavy atom. The fraction of sp³-hybridized carbons (Fsp3) is 0.455. The molecule has 2 unspecified atom stereocenters. The maximum Gasteiger partial charge on any atom is 0.303 e. The van der Waals surface area contributed by atoms with Crippen LogP contribution in [-0.4, -0.2) is 41.5 Å². The van der Waals surface area contributed by atoms with Crippen LogP contribution in [0.5, 0.6) is 0 Å². The van der Waals surface area contributed by atoms with E-state index < -0.39 is 5.97 Å². The van der Waals surface area contributed by atoms with Crippen LogP contribution in [-0.2, 0) is 9.59 Å². The van der Waals surface area contributed by atoms with Gasteiger partial charge in [-0.15, -0.1) is 0 Å². The van der Waals surface area contributed by atoms with Gasteiger partial charge in [-0.3, -0.25) is 9.59 Å². The number of nitrogens with one attached hydrogen (secondary N) is 1. The van der Waals surface area contributed by atoms with Crippen LogP contribution >= 0.6 is 0 Å². The normalized spacial score (nSPS) is 18.4. The SMILES string of the molecule is C[C@@H](NCC1CCN(C(=O)CCCCCCCC(=O)O)CC1c1ccccc1)c1cccc2ccccc12. The minimum atomic E-state index is -0.727.